The Morgan fingerprint density at radius 3 is 2.42 bits per heavy atom. The molecule has 0 spiro atoms. The first kappa shape index (κ1) is 15.0. The van der Waals surface area contributed by atoms with Gasteiger partial charge in [-0.05, 0) is 18.1 Å². The lowest BCUT2D eigenvalue weighted by Gasteiger charge is -2.21. The molecule has 1 amide bonds. The van der Waals surface area contributed by atoms with Crippen molar-refractivity contribution in [2.75, 3.05) is 7.11 Å². The van der Waals surface area contributed by atoms with Gasteiger partial charge in [-0.1, -0.05) is 38.5 Å². The highest BCUT2D eigenvalue weighted by atomic mass is 16.6. The minimum Gasteiger partial charge on any atom is -0.467 e. The highest BCUT2D eigenvalue weighted by Crippen LogP contribution is 2.11. The number of para-hydroxylation sites is 1. The number of hydrogen-bond acceptors (Lipinski definition) is 4. The summed E-state index contributed by atoms with van der Waals surface area (Å²) in [6, 6.07) is 7.96. The van der Waals surface area contributed by atoms with Crippen molar-refractivity contribution in [3.05, 3.63) is 30.3 Å². The lowest BCUT2D eigenvalue weighted by Crippen LogP contribution is -2.46. The standard InChI is InChI=1S/C14H19NO4/c1-4-10(2)12(13(16)18-3)15-14(17)19-11-8-6-5-7-9-11/h5-10,12H,4H2,1-3H3,(H,15,17). The number of ether oxygens (including phenoxy) is 2. The van der Waals surface area contributed by atoms with Crippen molar-refractivity contribution < 1.29 is 19.1 Å². The third-order valence-corrected chi connectivity index (χ3v) is 2.90. The Morgan fingerprint density at radius 1 is 1.26 bits per heavy atom. The van der Waals surface area contributed by atoms with Crippen LogP contribution in [0.3, 0.4) is 0 Å². The van der Waals surface area contributed by atoms with E-state index in [-0.39, 0.29) is 5.92 Å². The maximum Gasteiger partial charge on any atom is 0.413 e. The highest BCUT2D eigenvalue weighted by Gasteiger charge is 2.27. The molecule has 1 N–H and O–H groups in total. The van der Waals surface area contributed by atoms with Crippen LogP contribution in [0.25, 0.3) is 0 Å². The number of esters is 1. The van der Waals surface area contributed by atoms with Crippen molar-refractivity contribution in [3.8, 4) is 5.75 Å². The molecule has 0 aliphatic rings. The minimum atomic E-state index is -0.703. The highest BCUT2D eigenvalue weighted by molar-refractivity contribution is 5.82. The number of nitrogens with one attached hydrogen (secondary N) is 1. The molecule has 0 saturated carbocycles. The average Bonchev–Trinajstić information content (AvgIpc) is 2.44. The molecule has 1 aromatic rings. The fraction of sp³-hybridized carbons (Fsp3) is 0.429. The van der Waals surface area contributed by atoms with Crippen LogP contribution in [-0.2, 0) is 9.53 Å². The van der Waals surface area contributed by atoms with Gasteiger partial charge in [-0.3, -0.25) is 0 Å². The van der Waals surface area contributed by atoms with Crippen LogP contribution >= 0.6 is 0 Å². The van der Waals surface area contributed by atoms with Gasteiger partial charge in [0.05, 0.1) is 7.11 Å². The van der Waals surface area contributed by atoms with Crippen LogP contribution in [0.2, 0.25) is 0 Å². The summed E-state index contributed by atoms with van der Waals surface area (Å²) in [6.07, 6.45) is 0.0765. The molecule has 0 heterocycles. The smallest absolute Gasteiger partial charge is 0.413 e. The summed E-state index contributed by atoms with van der Waals surface area (Å²) in [5.74, 6) is -0.0806. The zero-order valence-electron chi connectivity index (χ0n) is 11.4. The Labute approximate surface area is 112 Å². The first-order valence-electron chi connectivity index (χ1n) is 6.19. The topological polar surface area (TPSA) is 64.6 Å². The van der Waals surface area contributed by atoms with E-state index < -0.39 is 18.1 Å². The number of methoxy groups -OCH3 is 1. The van der Waals surface area contributed by atoms with Gasteiger partial charge in [-0.15, -0.1) is 0 Å². The molecule has 1 aromatic carbocycles. The predicted molar refractivity (Wildman–Crippen MR) is 70.9 cm³/mol. The Hall–Kier alpha value is -2.04. The van der Waals surface area contributed by atoms with Crippen molar-refractivity contribution >= 4 is 12.1 Å². The van der Waals surface area contributed by atoms with Gasteiger partial charge in [0, 0.05) is 0 Å². The van der Waals surface area contributed by atoms with E-state index in [1.54, 1.807) is 24.3 Å². The van der Waals surface area contributed by atoms with E-state index in [2.05, 4.69) is 10.1 Å². The third-order valence-electron chi connectivity index (χ3n) is 2.90. The van der Waals surface area contributed by atoms with Gasteiger partial charge in [-0.25, -0.2) is 9.59 Å². The fourth-order valence-corrected chi connectivity index (χ4v) is 1.55. The average molecular weight is 265 g/mol. The zero-order valence-corrected chi connectivity index (χ0v) is 11.4. The molecule has 19 heavy (non-hydrogen) atoms. The number of hydrogen-bond donors (Lipinski definition) is 1. The predicted octanol–water partition coefficient (Wildman–Crippen LogP) is 2.36. The molecule has 5 heteroatoms. The van der Waals surface area contributed by atoms with Crippen molar-refractivity contribution in [1.29, 1.82) is 0 Å². The number of carbonyl (C=O) groups is 2. The van der Waals surface area contributed by atoms with Crippen molar-refractivity contribution in [2.45, 2.75) is 26.3 Å². The van der Waals surface area contributed by atoms with Gasteiger partial charge < -0.3 is 14.8 Å². The first-order valence-corrected chi connectivity index (χ1v) is 6.19. The molecule has 0 aromatic heterocycles. The monoisotopic (exact) mass is 265 g/mol. The molecule has 5 nitrogen and oxygen atoms in total. The fourth-order valence-electron chi connectivity index (χ4n) is 1.55. The van der Waals surface area contributed by atoms with Gasteiger partial charge >= 0.3 is 12.1 Å². The van der Waals surface area contributed by atoms with Crippen molar-refractivity contribution in [1.82, 2.24) is 5.32 Å². The summed E-state index contributed by atoms with van der Waals surface area (Å²) in [6.45, 7) is 3.80. The maximum absolute atomic E-state index is 11.7. The van der Waals surface area contributed by atoms with Crippen molar-refractivity contribution in [3.63, 3.8) is 0 Å². The van der Waals surface area contributed by atoms with E-state index >= 15 is 0 Å². The second-order valence-electron chi connectivity index (χ2n) is 4.23. The van der Waals surface area contributed by atoms with Crippen LogP contribution in [0.1, 0.15) is 20.3 Å². The normalized spacial score (nSPS) is 13.2. The van der Waals surface area contributed by atoms with Gasteiger partial charge in [-0.2, -0.15) is 0 Å². The molecule has 2 atom stereocenters. The first-order chi connectivity index (χ1) is 9.08. The maximum atomic E-state index is 11.7. The van der Waals surface area contributed by atoms with Crippen molar-refractivity contribution in [2.24, 2.45) is 5.92 Å². The van der Waals surface area contributed by atoms with E-state index in [0.717, 1.165) is 6.42 Å². The lowest BCUT2D eigenvalue weighted by atomic mass is 9.99. The van der Waals surface area contributed by atoms with Gasteiger partial charge in [0.15, 0.2) is 0 Å². The molecule has 0 fully saturated rings. The molecule has 0 radical (unpaired) electrons. The van der Waals surface area contributed by atoms with Gasteiger partial charge in [0.25, 0.3) is 0 Å². The summed E-state index contributed by atoms with van der Waals surface area (Å²) in [5, 5.41) is 2.53. The lowest BCUT2D eigenvalue weighted by molar-refractivity contribution is -0.144. The van der Waals surface area contributed by atoms with Crippen LogP contribution in [0.4, 0.5) is 4.79 Å². The van der Waals surface area contributed by atoms with Crippen LogP contribution in [0.15, 0.2) is 30.3 Å². The second-order valence-corrected chi connectivity index (χ2v) is 4.23. The summed E-state index contributed by atoms with van der Waals surface area (Å²) in [4.78, 5) is 23.3. The molecule has 0 saturated heterocycles. The van der Waals surface area contributed by atoms with E-state index in [1.165, 1.54) is 7.11 Å². The molecule has 0 bridgehead atoms. The SMILES string of the molecule is CCC(C)C(NC(=O)Oc1ccccc1)C(=O)OC. The van der Waals surface area contributed by atoms with E-state index in [4.69, 9.17) is 4.74 Å². The van der Waals surface area contributed by atoms with Gasteiger partial charge in [0.1, 0.15) is 11.8 Å². The number of benzene rings is 1. The molecule has 1 rings (SSSR count). The van der Waals surface area contributed by atoms with Crippen LogP contribution in [0.5, 0.6) is 5.75 Å². The van der Waals surface area contributed by atoms with Crippen LogP contribution < -0.4 is 10.1 Å². The molecule has 2 unspecified atom stereocenters. The van der Waals surface area contributed by atoms with E-state index in [0.29, 0.717) is 5.75 Å². The second kappa shape index (κ2) is 7.41. The molecular weight excluding hydrogens is 246 g/mol. The molecule has 104 valence electrons. The Bertz CT molecular complexity index is 419. The van der Waals surface area contributed by atoms with Crippen LogP contribution in [0, 0.1) is 5.92 Å². The quantitative estimate of drug-likeness (QED) is 0.830. The molecule has 0 aliphatic heterocycles. The Balaban J connectivity index is 2.64. The third kappa shape index (κ3) is 4.62. The van der Waals surface area contributed by atoms with E-state index in [9.17, 15) is 9.59 Å². The number of amides is 1. The molecule has 0 aliphatic carbocycles. The van der Waals surface area contributed by atoms with E-state index in [1.807, 2.05) is 19.9 Å². The zero-order chi connectivity index (χ0) is 14.3. The Kier molecular flexibility index (Phi) is 5.85. The van der Waals surface area contributed by atoms with Gasteiger partial charge in [0.2, 0.25) is 0 Å². The molecular formula is C14H19NO4. The summed E-state index contributed by atoms with van der Waals surface area (Å²) < 4.78 is 9.75. The number of carbonyl (C=O) groups excluding carboxylic acids is 2. The largest absolute Gasteiger partial charge is 0.467 e. The van der Waals surface area contributed by atoms with Crippen LogP contribution in [-0.4, -0.2) is 25.2 Å². The summed E-state index contributed by atoms with van der Waals surface area (Å²) in [7, 11) is 1.29. The summed E-state index contributed by atoms with van der Waals surface area (Å²) >= 11 is 0. The Morgan fingerprint density at radius 2 is 1.89 bits per heavy atom. The minimum absolute atomic E-state index is 0.0317. The number of rotatable bonds is 5. The summed E-state index contributed by atoms with van der Waals surface area (Å²) in [5.41, 5.74) is 0.